The van der Waals surface area contributed by atoms with Crippen molar-refractivity contribution in [2.24, 2.45) is 0 Å². The highest BCUT2D eigenvalue weighted by molar-refractivity contribution is 6.99. The summed E-state index contributed by atoms with van der Waals surface area (Å²) in [5.74, 6) is 0.137. The van der Waals surface area contributed by atoms with Crippen molar-refractivity contribution in [1.29, 1.82) is 0 Å². The van der Waals surface area contributed by atoms with Crippen molar-refractivity contribution in [1.82, 2.24) is 8.75 Å². The molecule has 3 nitrogen and oxygen atoms in total. The number of nitrogens with zero attached hydrogens (tertiary/aromatic N) is 2. The van der Waals surface area contributed by atoms with Gasteiger partial charge in [0.15, 0.2) is 0 Å². The summed E-state index contributed by atoms with van der Waals surface area (Å²) < 4.78 is 25.9. The summed E-state index contributed by atoms with van der Waals surface area (Å²) in [7, 11) is 1.51. The molecule has 0 radical (unpaired) electrons. The van der Waals surface area contributed by atoms with Crippen LogP contribution in [0.15, 0.2) is 24.3 Å². The van der Waals surface area contributed by atoms with E-state index in [4.69, 9.17) is 4.74 Å². The van der Waals surface area contributed by atoms with Gasteiger partial charge >= 0.3 is 0 Å². The minimum absolute atomic E-state index is 0.294. The van der Waals surface area contributed by atoms with Crippen molar-refractivity contribution in [2.45, 2.75) is 0 Å². The Kier molecular flexibility index (Phi) is 2.41. The van der Waals surface area contributed by atoms with Gasteiger partial charge < -0.3 is 4.74 Å². The Balaban J connectivity index is 2.49. The molecule has 0 N–H and O–H groups in total. The average Bonchev–Trinajstić information content (AvgIpc) is 2.65. The van der Waals surface area contributed by atoms with Gasteiger partial charge in [-0.05, 0) is 12.1 Å². The molecule has 0 unspecified atom stereocenters. The molecule has 0 aliphatic carbocycles. The van der Waals surface area contributed by atoms with Crippen LogP contribution < -0.4 is 4.74 Å². The Hall–Kier alpha value is -1.49. The Morgan fingerprint density at radius 2 is 2.21 bits per heavy atom. The smallest absolute Gasteiger partial charge is 0.253 e. The van der Waals surface area contributed by atoms with Crippen LogP contribution in [0.5, 0.6) is 5.88 Å². The van der Waals surface area contributed by atoms with Gasteiger partial charge in [0, 0.05) is 5.56 Å². The molecular weight excluding hydrogens is 203 g/mol. The Morgan fingerprint density at radius 3 is 2.93 bits per heavy atom. The van der Waals surface area contributed by atoms with Crippen LogP contribution in [-0.2, 0) is 0 Å². The van der Waals surface area contributed by atoms with Crippen LogP contribution in [0, 0.1) is 5.82 Å². The van der Waals surface area contributed by atoms with Gasteiger partial charge in [0.2, 0.25) is 0 Å². The second kappa shape index (κ2) is 3.71. The number of methoxy groups -OCH3 is 1. The summed E-state index contributed by atoms with van der Waals surface area (Å²) in [6, 6.07) is 6.18. The molecular formula is C9H7FN2OS. The zero-order valence-corrected chi connectivity index (χ0v) is 8.21. The Morgan fingerprint density at radius 1 is 1.36 bits per heavy atom. The second-order valence-electron chi connectivity index (χ2n) is 2.63. The molecule has 14 heavy (non-hydrogen) atoms. The van der Waals surface area contributed by atoms with Crippen LogP contribution >= 0.6 is 11.7 Å². The SMILES string of the molecule is COc1nsnc1-c1cccc(F)c1. The van der Waals surface area contributed by atoms with Crippen LogP contribution in [0.25, 0.3) is 11.3 Å². The molecule has 5 heteroatoms. The molecule has 0 saturated carbocycles. The molecule has 0 amide bonds. The summed E-state index contributed by atoms with van der Waals surface area (Å²) in [4.78, 5) is 0. The van der Waals surface area contributed by atoms with Gasteiger partial charge in [0.25, 0.3) is 5.88 Å². The van der Waals surface area contributed by atoms with Crippen LogP contribution in [0.4, 0.5) is 4.39 Å². The highest BCUT2D eigenvalue weighted by atomic mass is 32.1. The zero-order valence-electron chi connectivity index (χ0n) is 7.40. The van der Waals surface area contributed by atoms with Crippen molar-refractivity contribution in [3.05, 3.63) is 30.1 Å². The first kappa shape index (κ1) is 9.08. The van der Waals surface area contributed by atoms with Gasteiger partial charge in [0.05, 0.1) is 18.8 Å². The summed E-state index contributed by atoms with van der Waals surface area (Å²) in [5, 5.41) is 0. The predicted molar refractivity (Wildman–Crippen MR) is 51.9 cm³/mol. The van der Waals surface area contributed by atoms with Gasteiger partial charge in [-0.1, -0.05) is 12.1 Å². The summed E-state index contributed by atoms with van der Waals surface area (Å²) >= 11 is 1.04. The molecule has 1 heterocycles. The van der Waals surface area contributed by atoms with Crippen LogP contribution in [0.1, 0.15) is 0 Å². The maximum Gasteiger partial charge on any atom is 0.253 e. The third kappa shape index (κ3) is 1.58. The van der Waals surface area contributed by atoms with E-state index >= 15 is 0 Å². The molecule has 0 saturated heterocycles. The van der Waals surface area contributed by atoms with E-state index in [9.17, 15) is 4.39 Å². The van der Waals surface area contributed by atoms with Crippen molar-refractivity contribution >= 4 is 11.7 Å². The highest BCUT2D eigenvalue weighted by Gasteiger charge is 2.10. The Bertz CT molecular complexity index is 444. The average molecular weight is 210 g/mol. The van der Waals surface area contributed by atoms with E-state index in [-0.39, 0.29) is 5.82 Å². The second-order valence-corrected chi connectivity index (χ2v) is 3.16. The molecule has 1 aromatic heterocycles. The molecule has 0 bridgehead atoms. The first-order valence-electron chi connectivity index (χ1n) is 3.94. The molecule has 0 spiro atoms. The maximum atomic E-state index is 12.9. The molecule has 72 valence electrons. The lowest BCUT2D eigenvalue weighted by atomic mass is 10.1. The summed E-state index contributed by atoms with van der Waals surface area (Å²) in [5.41, 5.74) is 1.26. The lowest BCUT2D eigenvalue weighted by molar-refractivity contribution is 0.403. The number of hydrogen-bond donors (Lipinski definition) is 0. The number of ether oxygens (including phenoxy) is 1. The lowest BCUT2D eigenvalue weighted by Gasteiger charge is -1.98. The number of benzene rings is 1. The van der Waals surface area contributed by atoms with Gasteiger partial charge in [0.1, 0.15) is 11.5 Å². The predicted octanol–water partition coefficient (Wildman–Crippen LogP) is 2.35. The standard InChI is InChI=1S/C9H7FN2OS/c1-13-9-8(11-14-12-9)6-3-2-4-7(10)5-6/h2-5H,1H3. The van der Waals surface area contributed by atoms with Gasteiger partial charge in [-0.25, -0.2) is 4.39 Å². The monoisotopic (exact) mass is 210 g/mol. The quantitative estimate of drug-likeness (QED) is 0.763. The molecule has 0 aliphatic rings. The fourth-order valence-electron chi connectivity index (χ4n) is 1.13. The minimum atomic E-state index is -0.294. The largest absolute Gasteiger partial charge is 0.479 e. The number of halogens is 1. The van der Waals surface area contributed by atoms with Crippen LogP contribution in [-0.4, -0.2) is 15.9 Å². The van der Waals surface area contributed by atoms with Crippen molar-refractivity contribution < 1.29 is 9.13 Å². The fraction of sp³-hybridized carbons (Fsp3) is 0.111. The first-order valence-corrected chi connectivity index (χ1v) is 4.67. The number of hydrogen-bond acceptors (Lipinski definition) is 4. The number of aromatic nitrogens is 2. The van der Waals surface area contributed by atoms with Crippen molar-refractivity contribution in [2.75, 3.05) is 7.11 Å². The van der Waals surface area contributed by atoms with E-state index in [2.05, 4.69) is 8.75 Å². The van der Waals surface area contributed by atoms with Crippen LogP contribution in [0.3, 0.4) is 0 Å². The van der Waals surface area contributed by atoms with E-state index in [1.54, 1.807) is 12.1 Å². The van der Waals surface area contributed by atoms with Gasteiger partial charge in [-0.2, -0.15) is 4.37 Å². The molecule has 0 aliphatic heterocycles. The zero-order chi connectivity index (χ0) is 9.97. The van der Waals surface area contributed by atoms with Gasteiger partial charge in [-0.3, -0.25) is 0 Å². The topological polar surface area (TPSA) is 35.0 Å². The van der Waals surface area contributed by atoms with E-state index in [0.29, 0.717) is 17.1 Å². The number of rotatable bonds is 2. The molecule has 0 fully saturated rings. The van der Waals surface area contributed by atoms with Crippen LogP contribution in [0.2, 0.25) is 0 Å². The fourth-order valence-corrected chi connectivity index (χ4v) is 1.67. The Labute approximate surface area is 84.5 Å². The van der Waals surface area contributed by atoms with Crippen molar-refractivity contribution in [3.8, 4) is 17.1 Å². The molecule has 0 atom stereocenters. The minimum Gasteiger partial charge on any atom is -0.479 e. The van der Waals surface area contributed by atoms with E-state index in [1.165, 1.54) is 19.2 Å². The molecule has 2 aromatic rings. The van der Waals surface area contributed by atoms with Crippen molar-refractivity contribution in [3.63, 3.8) is 0 Å². The third-order valence-electron chi connectivity index (χ3n) is 1.75. The highest BCUT2D eigenvalue weighted by Crippen LogP contribution is 2.27. The third-order valence-corrected chi connectivity index (χ3v) is 2.26. The van der Waals surface area contributed by atoms with E-state index in [0.717, 1.165) is 11.7 Å². The maximum absolute atomic E-state index is 12.9. The van der Waals surface area contributed by atoms with Gasteiger partial charge in [-0.15, -0.1) is 4.37 Å². The lowest BCUT2D eigenvalue weighted by Crippen LogP contribution is -1.86. The normalized spacial score (nSPS) is 10.1. The van der Waals surface area contributed by atoms with E-state index < -0.39 is 0 Å². The first-order chi connectivity index (χ1) is 6.81. The molecule has 2 rings (SSSR count). The molecule has 1 aromatic carbocycles. The summed E-state index contributed by atoms with van der Waals surface area (Å²) in [6.07, 6.45) is 0. The van der Waals surface area contributed by atoms with E-state index in [1.807, 2.05) is 0 Å². The summed E-state index contributed by atoms with van der Waals surface area (Å²) in [6.45, 7) is 0.